The highest BCUT2D eigenvalue weighted by molar-refractivity contribution is 5.96. The fourth-order valence-electron chi connectivity index (χ4n) is 1.41. The number of rotatable bonds is 6. The average Bonchev–Trinajstić information content (AvgIpc) is 2.35. The predicted molar refractivity (Wildman–Crippen MR) is 69.0 cm³/mol. The molecule has 0 aliphatic rings. The van der Waals surface area contributed by atoms with Crippen LogP contribution in [-0.4, -0.2) is 12.3 Å². The zero-order valence-corrected chi connectivity index (χ0v) is 10.4. The van der Waals surface area contributed by atoms with E-state index in [1.165, 1.54) is 6.42 Å². The Morgan fingerprint density at radius 3 is 2.38 bits per heavy atom. The molecule has 2 nitrogen and oxygen atoms in total. The van der Waals surface area contributed by atoms with Crippen molar-refractivity contribution < 1.29 is 4.79 Å². The first-order valence-electron chi connectivity index (χ1n) is 6.04. The van der Waals surface area contributed by atoms with E-state index in [4.69, 9.17) is 0 Å². The standard InChI is InChI=1S/C14H21NO/c1-4-11(3)10-15-13-8-6-12(7-9-13)14(16)5-2/h6-9,11,15H,4-5,10H2,1-3H3. The highest BCUT2D eigenvalue weighted by Crippen LogP contribution is 2.12. The Morgan fingerprint density at radius 1 is 1.25 bits per heavy atom. The molecule has 1 aromatic rings. The summed E-state index contributed by atoms with van der Waals surface area (Å²) in [7, 11) is 0. The summed E-state index contributed by atoms with van der Waals surface area (Å²) in [5, 5.41) is 3.37. The van der Waals surface area contributed by atoms with Gasteiger partial charge in [0.25, 0.3) is 0 Å². The molecule has 2 heteroatoms. The number of benzene rings is 1. The van der Waals surface area contributed by atoms with E-state index >= 15 is 0 Å². The van der Waals surface area contributed by atoms with Gasteiger partial charge in [-0.2, -0.15) is 0 Å². The number of carbonyl (C=O) groups is 1. The van der Waals surface area contributed by atoms with Gasteiger partial charge in [0.15, 0.2) is 5.78 Å². The first-order chi connectivity index (χ1) is 7.67. The molecule has 1 atom stereocenters. The van der Waals surface area contributed by atoms with Crippen LogP contribution in [0.1, 0.15) is 44.0 Å². The van der Waals surface area contributed by atoms with Gasteiger partial charge >= 0.3 is 0 Å². The van der Waals surface area contributed by atoms with E-state index in [1.807, 2.05) is 31.2 Å². The Morgan fingerprint density at radius 2 is 1.88 bits per heavy atom. The second kappa shape index (κ2) is 6.31. The summed E-state index contributed by atoms with van der Waals surface area (Å²) in [5.74, 6) is 0.880. The maximum atomic E-state index is 11.4. The van der Waals surface area contributed by atoms with Crippen molar-refractivity contribution in [3.8, 4) is 0 Å². The number of ketones is 1. The fourth-order valence-corrected chi connectivity index (χ4v) is 1.41. The molecule has 1 rings (SSSR count). The Balaban J connectivity index is 2.54. The van der Waals surface area contributed by atoms with Gasteiger partial charge in [-0.25, -0.2) is 0 Å². The van der Waals surface area contributed by atoms with E-state index in [9.17, 15) is 4.79 Å². The molecule has 0 heterocycles. The maximum absolute atomic E-state index is 11.4. The number of hydrogen-bond acceptors (Lipinski definition) is 2. The van der Waals surface area contributed by atoms with E-state index in [2.05, 4.69) is 19.2 Å². The molecule has 0 aliphatic heterocycles. The second-order valence-electron chi connectivity index (χ2n) is 4.25. The van der Waals surface area contributed by atoms with Crippen molar-refractivity contribution in [3.05, 3.63) is 29.8 Å². The molecule has 0 saturated heterocycles. The summed E-state index contributed by atoms with van der Waals surface area (Å²) in [5.41, 5.74) is 1.89. The molecule has 0 fully saturated rings. The highest BCUT2D eigenvalue weighted by atomic mass is 16.1. The van der Waals surface area contributed by atoms with Crippen molar-refractivity contribution >= 4 is 11.5 Å². The van der Waals surface area contributed by atoms with E-state index in [0.29, 0.717) is 12.3 Å². The van der Waals surface area contributed by atoms with Gasteiger partial charge in [-0.15, -0.1) is 0 Å². The van der Waals surface area contributed by atoms with Gasteiger partial charge in [-0.1, -0.05) is 27.2 Å². The first kappa shape index (κ1) is 12.8. The molecule has 1 unspecified atom stereocenters. The van der Waals surface area contributed by atoms with E-state index in [-0.39, 0.29) is 5.78 Å². The third kappa shape index (κ3) is 3.69. The zero-order chi connectivity index (χ0) is 12.0. The Labute approximate surface area is 98.1 Å². The van der Waals surface area contributed by atoms with Gasteiger partial charge in [0.1, 0.15) is 0 Å². The largest absolute Gasteiger partial charge is 0.385 e. The number of anilines is 1. The van der Waals surface area contributed by atoms with Crippen molar-refractivity contribution in [2.24, 2.45) is 5.92 Å². The molecule has 0 spiro atoms. The van der Waals surface area contributed by atoms with Crippen molar-refractivity contribution in [1.29, 1.82) is 0 Å². The van der Waals surface area contributed by atoms with Crippen LogP contribution in [0, 0.1) is 5.92 Å². The Kier molecular flexibility index (Phi) is 5.03. The van der Waals surface area contributed by atoms with Crippen LogP contribution < -0.4 is 5.32 Å². The summed E-state index contributed by atoms with van der Waals surface area (Å²) < 4.78 is 0. The zero-order valence-electron chi connectivity index (χ0n) is 10.4. The molecule has 1 aromatic carbocycles. The number of Topliss-reactive ketones (excluding diaryl/α,β-unsaturated/α-hetero) is 1. The molecule has 0 aromatic heterocycles. The summed E-state index contributed by atoms with van der Waals surface area (Å²) >= 11 is 0. The van der Waals surface area contributed by atoms with Crippen molar-refractivity contribution in [2.75, 3.05) is 11.9 Å². The number of hydrogen-bond donors (Lipinski definition) is 1. The summed E-state index contributed by atoms with van der Waals surface area (Å²) in [6.45, 7) is 7.28. The van der Waals surface area contributed by atoms with Crippen LogP contribution in [0.2, 0.25) is 0 Å². The van der Waals surface area contributed by atoms with E-state index in [1.54, 1.807) is 0 Å². The quantitative estimate of drug-likeness (QED) is 0.738. The third-order valence-corrected chi connectivity index (χ3v) is 2.88. The summed E-state index contributed by atoms with van der Waals surface area (Å²) in [6.07, 6.45) is 1.75. The van der Waals surface area contributed by atoms with Crippen LogP contribution in [-0.2, 0) is 0 Å². The lowest BCUT2D eigenvalue weighted by atomic mass is 10.1. The monoisotopic (exact) mass is 219 g/mol. The predicted octanol–water partition coefficient (Wildman–Crippen LogP) is 3.74. The minimum absolute atomic E-state index is 0.202. The molecule has 0 aliphatic carbocycles. The molecular weight excluding hydrogens is 198 g/mol. The topological polar surface area (TPSA) is 29.1 Å². The lowest BCUT2D eigenvalue weighted by Gasteiger charge is -2.11. The Hall–Kier alpha value is -1.31. The third-order valence-electron chi connectivity index (χ3n) is 2.88. The molecule has 16 heavy (non-hydrogen) atoms. The molecule has 0 radical (unpaired) electrons. The van der Waals surface area contributed by atoms with Gasteiger partial charge in [0.2, 0.25) is 0 Å². The minimum atomic E-state index is 0.202. The summed E-state index contributed by atoms with van der Waals surface area (Å²) in [4.78, 5) is 11.4. The number of carbonyl (C=O) groups excluding carboxylic acids is 1. The molecular formula is C14H21NO. The van der Waals surface area contributed by atoms with Crippen LogP contribution in [0.25, 0.3) is 0 Å². The van der Waals surface area contributed by atoms with Crippen molar-refractivity contribution in [1.82, 2.24) is 0 Å². The van der Waals surface area contributed by atoms with E-state index < -0.39 is 0 Å². The van der Waals surface area contributed by atoms with Crippen molar-refractivity contribution in [3.63, 3.8) is 0 Å². The molecule has 0 saturated carbocycles. The molecule has 0 amide bonds. The van der Waals surface area contributed by atoms with Crippen LogP contribution in [0.3, 0.4) is 0 Å². The van der Waals surface area contributed by atoms with Crippen LogP contribution in [0.15, 0.2) is 24.3 Å². The average molecular weight is 219 g/mol. The summed E-state index contributed by atoms with van der Waals surface area (Å²) in [6, 6.07) is 7.74. The maximum Gasteiger partial charge on any atom is 0.162 e. The first-order valence-corrected chi connectivity index (χ1v) is 6.04. The minimum Gasteiger partial charge on any atom is -0.385 e. The van der Waals surface area contributed by atoms with Crippen LogP contribution in [0.5, 0.6) is 0 Å². The fraction of sp³-hybridized carbons (Fsp3) is 0.500. The lowest BCUT2D eigenvalue weighted by molar-refractivity contribution is 0.0988. The second-order valence-corrected chi connectivity index (χ2v) is 4.25. The van der Waals surface area contributed by atoms with Crippen molar-refractivity contribution in [2.45, 2.75) is 33.6 Å². The SMILES string of the molecule is CCC(=O)c1ccc(NCC(C)CC)cc1. The van der Waals surface area contributed by atoms with Gasteiger partial charge in [0.05, 0.1) is 0 Å². The van der Waals surface area contributed by atoms with Gasteiger partial charge in [0, 0.05) is 24.2 Å². The van der Waals surface area contributed by atoms with Gasteiger partial charge < -0.3 is 5.32 Å². The molecule has 0 bridgehead atoms. The van der Waals surface area contributed by atoms with Crippen LogP contribution in [0.4, 0.5) is 5.69 Å². The van der Waals surface area contributed by atoms with Crippen LogP contribution >= 0.6 is 0 Å². The van der Waals surface area contributed by atoms with E-state index in [0.717, 1.165) is 17.8 Å². The van der Waals surface area contributed by atoms with Gasteiger partial charge in [-0.3, -0.25) is 4.79 Å². The smallest absolute Gasteiger partial charge is 0.162 e. The molecule has 88 valence electrons. The molecule has 1 N–H and O–H groups in total. The normalized spacial score (nSPS) is 12.2. The highest BCUT2D eigenvalue weighted by Gasteiger charge is 2.02. The lowest BCUT2D eigenvalue weighted by Crippen LogP contribution is -2.10. The number of nitrogens with one attached hydrogen (secondary N) is 1. The van der Waals surface area contributed by atoms with Gasteiger partial charge in [-0.05, 0) is 30.2 Å². The Bertz CT molecular complexity index is 329.